The fourth-order valence-electron chi connectivity index (χ4n) is 2.45. The summed E-state index contributed by atoms with van der Waals surface area (Å²) in [7, 11) is 0. The molecule has 0 atom stereocenters. The summed E-state index contributed by atoms with van der Waals surface area (Å²) in [4.78, 5) is 9.17. The van der Waals surface area contributed by atoms with Gasteiger partial charge in [-0.3, -0.25) is 0 Å². The molecule has 4 heteroatoms. The number of rotatable bonds is 3. The molecule has 2 aromatic carbocycles. The van der Waals surface area contributed by atoms with Gasteiger partial charge in [0, 0.05) is 16.6 Å². The lowest BCUT2D eigenvalue weighted by atomic mass is 10.00. The van der Waals surface area contributed by atoms with Crippen LogP contribution in [-0.4, -0.2) is 16.2 Å². The van der Waals surface area contributed by atoms with Crippen molar-refractivity contribution in [2.75, 3.05) is 6.26 Å². The smallest absolute Gasteiger partial charge is 0.188 e. The third-order valence-electron chi connectivity index (χ3n) is 3.65. The average molecular weight is 312 g/mol. The van der Waals surface area contributed by atoms with Crippen molar-refractivity contribution in [2.45, 2.75) is 24.9 Å². The first-order valence-corrected chi connectivity index (χ1v) is 8.43. The van der Waals surface area contributed by atoms with Gasteiger partial charge in [-0.2, -0.15) is 0 Å². The third-order valence-corrected chi connectivity index (χ3v) is 4.19. The predicted octanol–water partition coefficient (Wildman–Crippen LogP) is 5.28. The minimum atomic E-state index is -0.206. The van der Waals surface area contributed by atoms with Gasteiger partial charge in [0.05, 0.1) is 5.69 Å². The molecule has 1 heterocycles. The predicted molar refractivity (Wildman–Crippen MR) is 90.8 cm³/mol. The first-order valence-electron chi connectivity index (χ1n) is 7.20. The summed E-state index contributed by atoms with van der Waals surface area (Å²) >= 11 is 1.52. The molecule has 0 fully saturated rings. The highest BCUT2D eigenvalue weighted by Gasteiger charge is 2.12. The van der Waals surface area contributed by atoms with Crippen LogP contribution in [-0.2, 0) is 0 Å². The lowest BCUT2D eigenvalue weighted by molar-refractivity contribution is 0.640. The van der Waals surface area contributed by atoms with Gasteiger partial charge in [0.25, 0.3) is 0 Å². The number of thioether (sulfide) groups is 1. The highest BCUT2D eigenvalue weighted by atomic mass is 32.2. The quantitative estimate of drug-likeness (QED) is 0.486. The lowest BCUT2D eigenvalue weighted by Gasteiger charge is -2.11. The summed E-state index contributed by atoms with van der Waals surface area (Å²) in [6.07, 6.45) is 1.96. The summed E-state index contributed by atoms with van der Waals surface area (Å²) in [5.74, 6) is 0.113. The molecule has 0 aliphatic heterocycles. The maximum Gasteiger partial charge on any atom is 0.188 e. The highest BCUT2D eigenvalue weighted by molar-refractivity contribution is 7.98. The van der Waals surface area contributed by atoms with Crippen molar-refractivity contribution >= 4 is 22.5 Å². The molecule has 112 valence electrons. The van der Waals surface area contributed by atoms with Crippen molar-refractivity contribution in [1.82, 2.24) is 9.97 Å². The van der Waals surface area contributed by atoms with E-state index in [0.717, 1.165) is 27.5 Å². The first-order chi connectivity index (χ1) is 10.6. The summed E-state index contributed by atoms with van der Waals surface area (Å²) in [5, 5.41) is 2.24. The van der Waals surface area contributed by atoms with Crippen LogP contribution in [0.1, 0.15) is 25.5 Å². The standard InChI is InChI=1S/C18H17FN2S/c1-11(2)16-10-17(21-18(20-16)22-3)14-8-9-15(19)13-7-5-4-6-12(13)14/h4-11H,1-3H3. The molecular weight excluding hydrogens is 295 g/mol. The summed E-state index contributed by atoms with van der Waals surface area (Å²) in [6, 6.07) is 12.8. The molecule has 0 saturated heterocycles. The molecule has 2 nitrogen and oxygen atoms in total. The third kappa shape index (κ3) is 2.71. The van der Waals surface area contributed by atoms with E-state index in [9.17, 15) is 4.39 Å². The van der Waals surface area contributed by atoms with Crippen LogP contribution >= 0.6 is 11.8 Å². The maximum absolute atomic E-state index is 14.0. The number of halogens is 1. The number of aromatic nitrogens is 2. The van der Waals surface area contributed by atoms with Crippen LogP contribution in [0.2, 0.25) is 0 Å². The van der Waals surface area contributed by atoms with Crippen LogP contribution in [0.15, 0.2) is 47.6 Å². The Morgan fingerprint density at radius 3 is 2.41 bits per heavy atom. The van der Waals surface area contributed by atoms with Crippen molar-refractivity contribution in [1.29, 1.82) is 0 Å². The number of hydrogen-bond acceptors (Lipinski definition) is 3. The van der Waals surface area contributed by atoms with Gasteiger partial charge in [-0.25, -0.2) is 14.4 Å². The Morgan fingerprint density at radius 2 is 1.73 bits per heavy atom. The van der Waals surface area contributed by atoms with E-state index in [-0.39, 0.29) is 5.82 Å². The minimum absolute atomic E-state index is 0.206. The largest absolute Gasteiger partial charge is 0.227 e. The Labute approximate surface area is 133 Å². The van der Waals surface area contributed by atoms with Crippen molar-refractivity contribution in [2.24, 2.45) is 0 Å². The molecule has 0 radical (unpaired) electrons. The molecule has 3 rings (SSSR count). The Morgan fingerprint density at radius 1 is 1.00 bits per heavy atom. The molecular formula is C18H17FN2S. The van der Waals surface area contributed by atoms with Gasteiger partial charge in [-0.05, 0) is 35.8 Å². The molecule has 0 bridgehead atoms. The number of nitrogens with zero attached hydrogens (tertiary/aromatic N) is 2. The highest BCUT2D eigenvalue weighted by Crippen LogP contribution is 2.31. The van der Waals surface area contributed by atoms with E-state index >= 15 is 0 Å². The minimum Gasteiger partial charge on any atom is -0.227 e. The SMILES string of the molecule is CSc1nc(-c2ccc(F)c3ccccc23)cc(C(C)C)n1. The second-order valence-corrected chi connectivity index (χ2v) is 6.23. The molecule has 0 N–H and O–H groups in total. The van der Waals surface area contributed by atoms with E-state index in [1.807, 2.05) is 30.5 Å². The van der Waals surface area contributed by atoms with Crippen molar-refractivity contribution in [3.63, 3.8) is 0 Å². The van der Waals surface area contributed by atoms with Crippen LogP contribution in [0.25, 0.3) is 22.0 Å². The lowest BCUT2D eigenvalue weighted by Crippen LogP contribution is -1.99. The molecule has 0 aliphatic rings. The molecule has 0 unspecified atom stereocenters. The first kappa shape index (κ1) is 15.0. The number of fused-ring (bicyclic) bond motifs is 1. The van der Waals surface area contributed by atoms with Crippen LogP contribution in [0.5, 0.6) is 0 Å². The molecule has 1 aromatic heterocycles. The van der Waals surface area contributed by atoms with Gasteiger partial charge in [0.15, 0.2) is 5.16 Å². The van der Waals surface area contributed by atoms with Gasteiger partial charge in [-0.15, -0.1) is 0 Å². The van der Waals surface area contributed by atoms with E-state index in [4.69, 9.17) is 0 Å². The fraction of sp³-hybridized carbons (Fsp3) is 0.222. The zero-order chi connectivity index (χ0) is 15.7. The Hall–Kier alpha value is -1.94. The van der Waals surface area contributed by atoms with Crippen molar-refractivity contribution < 1.29 is 4.39 Å². The van der Waals surface area contributed by atoms with E-state index in [1.54, 1.807) is 12.1 Å². The summed E-state index contributed by atoms with van der Waals surface area (Å²) in [5.41, 5.74) is 2.79. The van der Waals surface area contributed by atoms with Gasteiger partial charge in [0.1, 0.15) is 5.82 Å². The van der Waals surface area contributed by atoms with Crippen LogP contribution in [0, 0.1) is 5.82 Å². The molecule has 22 heavy (non-hydrogen) atoms. The van der Waals surface area contributed by atoms with Crippen LogP contribution in [0.3, 0.4) is 0 Å². The van der Waals surface area contributed by atoms with Gasteiger partial charge >= 0.3 is 0 Å². The van der Waals surface area contributed by atoms with Crippen LogP contribution in [0.4, 0.5) is 4.39 Å². The molecule has 0 aliphatic carbocycles. The van der Waals surface area contributed by atoms with E-state index < -0.39 is 0 Å². The van der Waals surface area contributed by atoms with E-state index in [0.29, 0.717) is 11.3 Å². The maximum atomic E-state index is 14.0. The van der Waals surface area contributed by atoms with Gasteiger partial charge in [0.2, 0.25) is 0 Å². The van der Waals surface area contributed by atoms with Crippen LogP contribution < -0.4 is 0 Å². The fourth-order valence-corrected chi connectivity index (χ4v) is 2.84. The Bertz CT molecular complexity index is 830. The van der Waals surface area contributed by atoms with Gasteiger partial charge in [-0.1, -0.05) is 49.9 Å². The zero-order valence-corrected chi connectivity index (χ0v) is 13.6. The molecule has 3 aromatic rings. The zero-order valence-electron chi connectivity index (χ0n) is 12.8. The van der Waals surface area contributed by atoms with E-state index in [1.165, 1.54) is 17.8 Å². The average Bonchev–Trinajstić information content (AvgIpc) is 2.55. The van der Waals surface area contributed by atoms with Crippen molar-refractivity contribution in [3.05, 3.63) is 54.0 Å². The second kappa shape index (κ2) is 6.05. The van der Waals surface area contributed by atoms with Crippen molar-refractivity contribution in [3.8, 4) is 11.3 Å². The number of hydrogen-bond donors (Lipinski definition) is 0. The van der Waals surface area contributed by atoms with E-state index in [2.05, 4.69) is 23.8 Å². The molecule has 0 saturated carbocycles. The topological polar surface area (TPSA) is 25.8 Å². The molecule has 0 spiro atoms. The number of benzene rings is 2. The Kier molecular flexibility index (Phi) is 4.12. The van der Waals surface area contributed by atoms with Gasteiger partial charge < -0.3 is 0 Å². The summed E-state index contributed by atoms with van der Waals surface area (Å²) in [6.45, 7) is 4.22. The summed E-state index contributed by atoms with van der Waals surface area (Å²) < 4.78 is 14.0. The molecule has 0 amide bonds. The monoisotopic (exact) mass is 312 g/mol. The normalized spacial score (nSPS) is 11.3. The second-order valence-electron chi connectivity index (χ2n) is 5.46. The Balaban J connectivity index is 2.28.